The number of aromatic hydroxyl groups is 1. The molecule has 12 aromatic rings. The smallest absolute Gasteiger partial charge is 0.137 e. The Labute approximate surface area is 771 Å². The third kappa shape index (κ3) is 53.9. The summed E-state index contributed by atoms with van der Waals surface area (Å²) >= 11 is 0. The van der Waals surface area contributed by atoms with E-state index in [-0.39, 0.29) is 0 Å². The molecule has 8 heterocycles. The number of fused-ring (bicyclic) bond motifs is 2. The fourth-order valence-electron chi connectivity index (χ4n) is 11.2. The lowest BCUT2D eigenvalue weighted by Crippen LogP contribution is -1.94. The number of ether oxygens (including phenoxy) is 1. The van der Waals surface area contributed by atoms with E-state index in [9.17, 15) is 5.11 Å². The quantitative estimate of drug-likeness (QED) is 0.0602. The van der Waals surface area contributed by atoms with Crippen LogP contribution < -0.4 is 4.74 Å². The van der Waals surface area contributed by atoms with Crippen molar-refractivity contribution in [2.45, 2.75) is 245 Å². The average molecular weight is 1710 g/mol. The summed E-state index contributed by atoms with van der Waals surface area (Å²) in [5.74, 6) is 7.94. The van der Waals surface area contributed by atoms with Crippen LogP contribution in [-0.2, 0) is 25.7 Å². The largest absolute Gasteiger partial charge is 0.508 e. The van der Waals surface area contributed by atoms with E-state index < -0.39 is 0 Å². The first-order chi connectivity index (χ1) is 60.3. The Kier molecular flexibility index (Phi) is 54.5. The third-order valence-corrected chi connectivity index (χ3v) is 19.4. The van der Waals surface area contributed by atoms with Crippen LogP contribution in [0, 0.1) is 115 Å². The number of hydrogen-bond donors (Lipinski definition) is 1. The van der Waals surface area contributed by atoms with Gasteiger partial charge in [0.2, 0.25) is 0 Å². The van der Waals surface area contributed by atoms with Crippen LogP contribution in [0.25, 0.3) is 47.8 Å². The lowest BCUT2D eigenvalue weighted by molar-refractivity contribution is 0.411. The molecule has 0 unspecified atom stereocenters. The summed E-state index contributed by atoms with van der Waals surface area (Å²) in [5, 5.41) is 9.43. The number of pyridine rings is 6. The van der Waals surface area contributed by atoms with Crippen molar-refractivity contribution in [3.05, 3.63) is 357 Å². The zero-order valence-electron chi connectivity index (χ0n) is 83.6. The van der Waals surface area contributed by atoms with Gasteiger partial charge in [-0.1, -0.05) is 313 Å². The van der Waals surface area contributed by atoms with Gasteiger partial charge in [-0.2, -0.15) is 0 Å². The van der Waals surface area contributed by atoms with Crippen molar-refractivity contribution in [2.75, 3.05) is 7.11 Å². The molecule has 682 valence electrons. The maximum absolute atomic E-state index is 9.43. The highest BCUT2D eigenvalue weighted by molar-refractivity contribution is 5.56. The summed E-state index contributed by atoms with van der Waals surface area (Å²) in [6, 6.07) is 58.2. The lowest BCUT2D eigenvalue weighted by atomic mass is 10.0. The zero-order valence-corrected chi connectivity index (χ0v) is 83.6. The molecule has 0 aliphatic heterocycles. The number of benzene rings is 4. The normalized spacial score (nSPS) is 11.2. The molecule has 10 nitrogen and oxygen atoms in total. The van der Waals surface area contributed by atoms with Crippen LogP contribution in [0.15, 0.2) is 256 Å². The number of imidazole rings is 2. The van der Waals surface area contributed by atoms with E-state index in [0.29, 0.717) is 41.3 Å². The topological polar surface area (TPSA) is 116 Å². The van der Waals surface area contributed by atoms with E-state index >= 15 is 0 Å². The molecule has 12 rings (SSSR count). The Morgan fingerprint density at radius 1 is 0.307 bits per heavy atom. The number of methoxy groups -OCH3 is 1. The van der Waals surface area contributed by atoms with Gasteiger partial charge in [-0.15, -0.1) is 0 Å². The second kappa shape index (κ2) is 62.9. The van der Waals surface area contributed by atoms with Gasteiger partial charge in [-0.25, -0.2) is 9.97 Å². The Morgan fingerprint density at radius 3 is 1.02 bits per heavy atom. The van der Waals surface area contributed by atoms with Crippen molar-refractivity contribution < 1.29 is 9.84 Å². The SMILES string of the molecule is CC(C)/C=C/c1cn2ccccc2n1.CC(C)CCc1cn2ccccc2n1.COc1cc(/C=C/C(C)C)ccc1C.Cc1ccc(/C=C/C(C)C)cc1.Cc1ccc(/C=C/C(C)C)cc1O.Cc1ccc(/C=C/C(C)C)nc1.Cc1ccc(/C=C/C(C)C)nc1.Cc1ccc(CCC(C)C)cc1.Cc1ccc(CCC(C)C)nc1.Cc1ccc(CCC(C)C)nc1. The summed E-state index contributed by atoms with van der Waals surface area (Å²) in [6.07, 6.45) is 50.8. The fourth-order valence-corrected chi connectivity index (χ4v) is 11.2. The van der Waals surface area contributed by atoms with Crippen LogP contribution in [0.5, 0.6) is 11.5 Å². The Balaban J connectivity index is 0.000000364. The monoisotopic (exact) mass is 1710 g/mol. The molecule has 0 amide bonds. The first kappa shape index (κ1) is 110. The average Bonchev–Trinajstić information content (AvgIpc) is 1.70. The van der Waals surface area contributed by atoms with E-state index in [2.05, 4.69) is 384 Å². The third-order valence-electron chi connectivity index (χ3n) is 19.4. The number of hydrogen-bond acceptors (Lipinski definition) is 8. The number of nitrogens with zero attached hydrogens (tertiary/aromatic N) is 8. The predicted molar refractivity (Wildman–Crippen MR) is 555 cm³/mol. The minimum Gasteiger partial charge on any atom is -0.508 e. The number of phenolic OH excluding ortho intramolecular Hbond substituents is 1. The molecule has 127 heavy (non-hydrogen) atoms. The summed E-state index contributed by atoms with van der Waals surface area (Å²) < 4.78 is 9.37. The number of aryl methyl sites for hydroxylation is 12. The Bertz CT molecular complexity index is 4730. The van der Waals surface area contributed by atoms with E-state index in [0.717, 1.165) is 88.2 Å². The molecule has 4 aromatic carbocycles. The number of rotatable bonds is 25. The van der Waals surface area contributed by atoms with Gasteiger partial charge >= 0.3 is 0 Å². The number of allylic oxidation sites excluding steroid dienone is 6. The molecule has 0 saturated carbocycles. The molecule has 0 aliphatic carbocycles. The molecule has 0 saturated heterocycles. The van der Waals surface area contributed by atoms with Crippen LogP contribution in [-0.4, -0.2) is 50.9 Å². The maximum Gasteiger partial charge on any atom is 0.137 e. The molecule has 0 aliphatic rings. The highest BCUT2D eigenvalue weighted by Gasteiger charge is 2.06. The molecule has 1 N–H and O–H groups in total. The van der Waals surface area contributed by atoms with Crippen LogP contribution in [0.1, 0.15) is 265 Å². The van der Waals surface area contributed by atoms with E-state index in [1.807, 2.05) is 135 Å². The minimum atomic E-state index is 0.367. The highest BCUT2D eigenvalue weighted by atomic mass is 16.5. The molecular weight excluding hydrogens is 1550 g/mol. The number of phenols is 1. The van der Waals surface area contributed by atoms with Gasteiger partial charge in [0, 0.05) is 61.0 Å². The molecular formula is C117H162N8O2. The van der Waals surface area contributed by atoms with Gasteiger partial charge in [0.15, 0.2) is 0 Å². The van der Waals surface area contributed by atoms with Crippen LogP contribution in [0.4, 0.5) is 0 Å². The molecule has 0 fully saturated rings. The molecule has 0 atom stereocenters. The van der Waals surface area contributed by atoms with Crippen molar-refractivity contribution in [3.8, 4) is 11.5 Å². The van der Waals surface area contributed by atoms with Gasteiger partial charge < -0.3 is 18.6 Å². The fraction of sp³-hybridized carbons (Fsp3) is 0.402. The lowest BCUT2D eigenvalue weighted by Gasteiger charge is -2.05. The van der Waals surface area contributed by atoms with Crippen molar-refractivity contribution in [1.82, 2.24) is 38.7 Å². The van der Waals surface area contributed by atoms with Crippen LogP contribution in [0.3, 0.4) is 0 Å². The second-order valence-corrected chi connectivity index (χ2v) is 37.0. The summed E-state index contributed by atoms with van der Waals surface area (Å²) in [6.45, 7) is 60.3. The predicted octanol–water partition coefficient (Wildman–Crippen LogP) is 32.3. The number of aromatic nitrogens is 8. The van der Waals surface area contributed by atoms with Gasteiger partial charge in [-0.3, -0.25) is 19.9 Å². The van der Waals surface area contributed by atoms with Gasteiger partial charge in [0.1, 0.15) is 22.8 Å². The van der Waals surface area contributed by atoms with Crippen LogP contribution >= 0.6 is 0 Å². The van der Waals surface area contributed by atoms with Crippen molar-refractivity contribution in [2.24, 2.45) is 59.2 Å². The summed E-state index contributed by atoms with van der Waals surface area (Å²) in [7, 11) is 1.71. The minimum absolute atomic E-state index is 0.367. The molecule has 0 spiro atoms. The Morgan fingerprint density at radius 2 is 0.646 bits per heavy atom. The van der Waals surface area contributed by atoms with Gasteiger partial charge in [-0.05, 0) is 300 Å². The van der Waals surface area contributed by atoms with E-state index in [4.69, 9.17) is 4.74 Å². The van der Waals surface area contributed by atoms with Crippen molar-refractivity contribution in [1.29, 1.82) is 0 Å². The summed E-state index contributed by atoms with van der Waals surface area (Å²) in [5.41, 5.74) is 23.4. The maximum atomic E-state index is 9.43. The van der Waals surface area contributed by atoms with E-state index in [1.54, 1.807) is 13.2 Å². The van der Waals surface area contributed by atoms with Crippen molar-refractivity contribution >= 4 is 47.8 Å². The zero-order chi connectivity index (χ0) is 94.2. The van der Waals surface area contributed by atoms with Crippen molar-refractivity contribution in [3.63, 3.8) is 0 Å². The Hall–Kier alpha value is -11.1. The van der Waals surface area contributed by atoms with Crippen LogP contribution in [0.2, 0.25) is 0 Å². The first-order valence-electron chi connectivity index (χ1n) is 46.5. The first-order valence-corrected chi connectivity index (χ1v) is 46.5. The molecule has 8 aromatic heterocycles. The standard InChI is InChI=1S/C13H18O.C12H16N2.C12H14N2.C12H16O.C12H18.C12H16.2C11H17N.2C11H15N/c1-10(2)5-7-12-8-6-11(3)13(9-12)14-4;2*1-10(2)6-7-11-9-14-8-4-3-5-12(14)13-11;1-9(2)4-6-11-7-5-10(3)12(13)8-11;2*1-10(2)4-7-12-8-5-11(3)6-9-12;4*1-9(2)4-6-11-7-5-10(3)8-12-11/h5-10H,1-4H3;3-5,8-10H,6-7H2,1-2H3;3-10H,1-2H3;4-9,13H,1-3H3;5-6,8-10H,4,7H2,1-3H3;4-10H,1-3H3;2*5,7-9H,4,6H2,1-3H3;2*4-9H,1-3H3/b7-5+;;7-6+;6-4+;;7-4+;;;2*6-4+. The molecule has 0 bridgehead atoms. The van der Waals surface area contributed by atoms with E-state index in [1.165, 1.54) is 105 Å². The highest BCUT2D eigenvalue weighted by Crippen LogP contribution is 2.22. The van der Waals surface area contributed by atoms with Gasteiger partial charge in [0.25, 0.3) is 0 Å². The van der Waals surface area contributed by atoms with Gasteiger partial charge in [0.05, 0.1) is 29.9 Å². The summed E-state index contributed by atoms with van der Waals surface area (Å²) in [4.78, 5) is 26.2. The molecule has 10 heteroatoms. The second-order valence-electron chi connectivity index (χ2n) is 37.0. The molecule has 0 radical (unpaired) electrons.